The Hall–Kier alpha value is -4.07. The Kier molecular flexibility index (Phi) is 5.94. The van der Waals surface area contributed by atoms with Crippen LogP contribution in [-0.2, 0) is 4.79 Å². The average molecular weight is 392 g/mol. The number of carbonyl (C=O) groups is 3. The molecule has 0 aliphatic carbocycles. The van der Waals surface area contributed by atoms with Crippen molar-refractivity contribution in [1.82, 2.24) is 4.98 Å². The number of nitrogens with one attached hydrogen (secondary N) is 3. The monoisotopic (exact) mass is 392 g/mol. The van der Waals surface area contributed by atoms with Crippen LogP contribution < -0.4 is 16.0 Å². The Labute approximate surface area is 166 Å². The summed E-state index contributed by atoms with van der Waals surface area (Å²) in [5, 5.41) is 7.87. The maximum absolute atomic E-state index is 13.2. The zero-order chi connectivity index (χ0) is 20.8. The van der Waals surface area contributed by atoms with Crippen LogP contribution in [0.2, 0.25) is 0 Å². The van der Waals surface area contributed by atoms with E-state index in [0.29, 0.717) is 17.1 Å². The van der Waals surface area contributed by atoms with Crippen LogP contribution in [0, 0.1) is 5.82 Å². The van der Waals surface area contributed by atoms with Crippen molar-refractivity contribution in [3.8, 4) is 0 Å². The third kappa shape index (κ3) is 5.46. The van der Waals surface area contributed by atoms with Gasteiger partial charge in [0.2, 0.25) is 5.91 Å². The standard InChI is InChI=1S/C21H17FN4O3/c1-13(27)24-17-5-7-18(8-6-17)25-20(28)14-9-15(12-23-11-14)21(29)26-19-4-2-3-16(22)10-19/h2-12H,1H3,(H,24,27)(H,25,28)(H,26,29). The van der Waals surface area contributed by atoms with E-state index >= 15 is 0 Å². The summed E-state index contributed by atoms with van der Waals surface area (Å²) in [6, 6.07) is 13.4. The molecule has 3 N–H and O–H groups in total. The van der Waals surface area contributed by atoms with Gasteiger partial charge in [0.05, 0.1) is 11.1 Å². The minimum Gasteiger partial charge on any atom is -0.326 e. The van der Waals surface area contributed by atoms with Crippen LogP contribution in [0.15, 0.2) is 67.0 Å². The minimum absolute atomic E-state index is 0.155. The molecule has 0 saturated carbocycles. The molecule has 146 valence electrons. The summed E-state index contributed by atoms with van der Waals surface area (Å²) in [4.78, 5) is 39.8. The van der Waals surface area contributed by atoms with Crippen LogP contribution in [0.3, 0.4) is 0 Å². The highest BCUT2D eigenvalue weighted by Crippen LogP contribution is 2.16. The number of hydrogen-bond acceptors (Lipinski definition) is 4. The van der Waals surface area contributed by atoms with Crippen LogP contribution in [-0.4, -0.2) is 22.7 Å². The SMILES string of the molecule is CC(=O)Nc1ccc(NC(=O)c2cncc(C(=O)Nc3cccc(F)c3)c2)cc1. The Morgan fingerprint density at radius 3 is 1.86 bits per heavy atom. The number of aromatic nitrogens is 1. The zero-order valence-electron chi connectivity index (χ0n) is 15.4. The van der Waals surface area contributed by atoms with Crippen molar-refractivity contribution < 1.29 is 18.8 Å². The highest BCUT2D eigenvalue weighted by molar-refractivity contribution is 6.08. The number of anilines is 3. The van der Waals surface area contributed by atoms with Gasteiger partial charge in [0.15, 0.2) is 0 Å². The smallest absolute Gasteiger partial charge is 0.257 e. The topological polar surface area (TPSA) is 100 Å². The lowest BCUT2D eigenvalue weighted by molar-refractivity contribution is -0.114. The summed E-state index contributed by atoms with van der Waals surface area (Å²) in [6.45, 7) is 1.40. The van der Waals surface area contributed by atoms with Gasteiger partial charge in [-0.2, -0.15) is 0 Å². The predicted molar refractivity (Wildman–Crippen MR) is 107 cm³/mol. The molecule has 0 fully saturated rings. The van der Waals surface area contributed by atoms with Crippen LogP contribution in [0.4, 0.5) is 21.5 Å². The molecule has 0 spiro atoms. The summed E-state index contributed by atoms with van der Waals surface area (Å²) >= 11 is 0. The van der Waals surface area contributed by atoms with Crippen molar-refractivity contribution in [2.45, 2.75) is 6.92 Å². The molecule has 29 heavy (non-hydrogen) atoms. The van der Waals surface area contributed by atoms with Crippen molar-refractivity contribution in [2.75, 3.05) is 16.0 Å². The summed E-state index contributed by atoms with van der Waals surface area (Å²) in [5.41, 5.74) is 1.75. The van der Waals surface area contributed by atoms with E-state index < -0.39 is 17.6 Å². The van der Waals surface area contributed by atoms with Gasteiger partial charge in [-0.3, -0.25) is 19.4 Å². The van der Waals surface area contributed by atoms with Crippen LogP contribution >= 0.6 is 0 Å². The van der Waals surface area contributed by atoms with E-state index in [1.54, 1.807) is 30.3 Å². The lowest BCUT2D eigenvalue weighted by Gasteiger charge is -2.08. The van der Waals surface area contributed by atoms with Gasteiger partial charge in [0.25, 0.3) is 11.8 Å². The summed E-state index contributed by atoms with van der Waals surface area (Å²) in [7, 11) is 0. The highest BCUT2D eigenvalue weighted by Gasteiger charge is 2.12. The lowest BCUT2D eigenvalue weighted by Crippen LogP contribution is -2.16. The Morgan fingerprint density at radius 2 is 1.31 bits per heavy atom. The predicted octanol–water partition coefficient (Wildman–Crippen LogP) is 3.68. The van der Waals surface area contributed by atoms with E-state index in [1.807, 2.05) is 0 Å². The Morgan fingerprint density at radius 1 is 0.759 bits per heavy atom. The fraction of sp³-hybridized carbons (Fsp3) is 0.0476. The first-order valence-electron chi connectivity index (χ1n) is 8.62. The molecule has 0 atom stereocenters. The van der Waals surface area contributed by atoms with Crippen molar-refractivity contribution in [1.29, 1.82) is 0 Å². The molecule has 0 aliphatic heterocycles. The highest BCUT2D eigenvalue weighted by atomic mass is 19.1. The number of hydrogen-bond donors (Lipinski definition) is 3. The number of carbonyl (C=O) groups excluding carboxylic acids is 3. The second kappa shape index (κ2) is 8.75. The molecule has 0 saturated heterocycles. The molecule has 0 bridgehead atoms. The molecule has 0 unspecified atom stereocenters. The van der Waals surface area contributed by atoms with E-state index in [2.05, 4.69) is 20.9 Å². The van der Waals surface area contributed by atoms with Gasteiger partial charge < -0.3 is 16.0 Å². The summed E-state index contributed by atoms with van der Waals surface area (Å²) in [6.07, 6.45) is 2.65. The van der Waals surface area contributed by atoms with E-state index in [0.717, 1.165) is 0 Å². The first kappa shape index (κ1) is 19.7. The van der Waals surface area contributed by atoms with Crippen molar-refractivity contribution >= 4 is 34.8 Å². The van der Waals surface area contributed by atoms with Crippen LogP contribution in [0.1, 0.15) is 27.6 Å². The van der Waals surface area contributed by atoms with Crippen molar-refractivity contribution in [3.05, 3.63) is 83.9 Å². The summed E-state index contributed by atoms with van der Waals surface area (Å²) < 4.78 is 13.2. The van der Waals surface area contributed by atoms with E-state index in [-0.39, 0.29) is 17.0 Å². The van der Waals surface area contributed by atoms with E-state index in [4.69, 9.17) is 0 Å². The quantitative estimate of drug-likeness (QED) is 0.617. The molecule has 3 aromatic rings. The molecular formula is C21H17FN4O3. The average Bonchev–Trinajstić information content (AvgIpc) is 2.69. The fourth-order valence-electron chi connectivity index (χ4n) is 2.50. The maximum atomic E-state index is 13.2. The number of benzene rings is 2. The normalized spacial score (nSPS) is 10.1. The molecule has 8 heteroatoms. The molecule has 1 heterocycles. The van der Waals surface area contributed by atoms with Crippen LogP contribution in [0.25, 0.3) is 0 Å². The first-order valence-corrected chi connectivity index (χ1v) is 8.62. The molecule has 7 nitrogen and oxygen atoms in total. The van der Waals surface area contributed by atoms with Crippen LogP contribution in [0.5, 0.6) is 0 Å². The number of nitrogens with zero attached hydrogens (tertiary/aromatic N) is 1. The molecular weight excluding hydrogens is 375 g/mol. The Bertz CT molecular complexity index is 1070. The van der Waals surface area contributed by atoms with Crippen molar-refractivity contribution in [2.24, 2.45) is 0 Å². The van der Waals surface area contributed by atoms with E-state index in [9.17, 15) is 18.8 Å². The van der Waals surface area contributed by atoms with Gasteiger partial charge in [-0.25, -0.2) is 4.39 Å². The molecule has 3 rings (SSSR count). The Balaban J connectivity index is 1.68. The largest absolute Gasteiger partial charge is 0.326 e. The maximum Gasteiger partial charge on any atom is 0.257 e. The van der Waals surface area contributed by atoms with Crippen molar-refractivity contribution in [3.63, 3.8) is 0 Å². The fourth-order valence-corrected chi connectivity index (χ4v) is 2.50. The molecule has 0 aliphatic rings. The van der Waals surface area contributed by atoms with Gasteiger partial charge in [-0.15, -0.1) is 0 Å². The van der Waals surface area contributed by atoms with Gasteiger partial charge in [-0.1, -0.05) is 6.07 Å². The van der Waals surface area contributed by atoms with Gasteiger partial charge in [0, 0.05) is 36.4 Å². The summed E-state index contributed by atoms with van der Waals surface area (Å²) in [5.74, 6) is -1.64. The second-order valence-electron chi connectivity index (χ2n) is 6.14. The third-order valence-corrected chi connectivity index (χ3v) is 3.81. The van der Waals surface area contributed by atoms with E-state index in [1.165, 1.54) is 43.6 Å². The number of amides is 3. The lowest BCUT2D eigenvalue weighted by atomic mass is 10.1. The van der Waals surface area contributed by atoms with Gasteiger partial charge in [-0.05, 0) is 48.5 Å². The number of rotatable bonds is 5. The first-order chi connectivity index (χ1) is 13.9. The number of pyridine rings is 1. The third-order valence-electron chi connectivity index (χ3n) is 3.81. The van der Waals surface area contributed by atoms with Gasteiger partial charge in [0.1, 0.15) is 5.82 Å². The zero-order valence-corrected chi connectivity index (χ0v) is 15.4. The second-order valence-corrected chi connectivity index (χ2v) is 6.14. The molecule has 1 aromatic heterocycles. The molecule has 0 radical (unpaired) electrons. The molecule has 2 aromatic carbocycles. The molecule has 3 amide bonds. The minimum atomic E-state index is -0.516. The van der Waals surface area contributed by atoms with Gasteiger partial charge >= 0.3 is 0 Å². The number of halogens is 1.